The van der Waals surface area contributed by atoms with Crippen LogP contribution in [-0.4, -0.2) is 37.6 Å². The van der Waals surface area contributed by atoms with Crippen molar-refractivity contribution in [3.8, 4) is 0 Å². The van der Waals surface area contributed by atoms with Gasteiger partial charge in [0.25, 0.3) is 0 Å². The van der Waals surface area contributed by atoms with Gasteiger partial charge in [0.2, 0.25) is 0 Å². The molecule has 4 heteroatoms. The number of methoxy groups -OCH3 is 1. The summed E-state index contributed by atoms with van der Waals surface area (Å²) in [5.74, 6) is -0.357. The summed E-state index contributed by atoms with van der Waals surface area (Å²) in [5, 5.41) is 0. The molecule has 0 aromatic carbocycles. The minimum atomic E-state index is -0.822. The smallest absolute Gasteiger partial charge is 0.317 e. The van der Waals surface area contributed by atoms with Crippen LogP contribution in [0.5, 0.6) is 0 Å². The van der Waals surface area contributed by atoms with E-state index in [1.165, 1.54) is 7.11 Å². The molecule has 1 aliphatic rings. The molecule has 1 rings (SSSR count). The molecule has 15 heavy (non-hydrogen) atoms. The van der Waals surface area contributed by atoms with Gasteiger partial charge in [-0.05, 0) is 25.5 Å². The third-order valence-corrected chi connectivity index (χ3v) is 3.16. The molecule has 3 nitrogen and oxygen atoms in total. The van der Waals surface area contributed by atoms with Gasteiger partial charge in [0, 0.05) is 13.1 Å². The second kappa shape index (κ2) is 4.75. The molecule has 0 spiro atoms. The van der Waals surface area contributed by atoms with Crippen LogP contribution in [0.1, 0.15) is 20.3 Å². The molecule has 0 aliphatic carbocycles. The molecule has 1 atom stereocenters. The van der Waals surface area contributed by atoms with Gasteiger partial charge < -0.3 is 9.64 Å². The Morgan fingerprint density at radius 3 is 2.87 bits per heavy atom. The number of ether oxygens (including phenoxy) is 1. The highest BCUT2D eigenvalue weighted by Crippen LogP contribution is 2.35. The first-order valence-corrected chi connectivity index (χ1v) is 5.19. The van der Waals surface area contributed by atoms with Crippen LogP contribution >= 0.6 is 0 Å². The number of piperidine rings is 1. The van der Waals surface area contributed by atoms with Crippen LogP contribution in [0.3, 0.4) is 0 Å². The van der Waals surface area contributed by atoms with Gasteiger partial charge in [-0.2, -0.15) is 0 Å². The van der Waals surface area contributed by atoms with Crippen LogP contribution < -0.4 is 0 Å². The first kappa shape index (κ1) is 12.2. The molecule has 1 saturated heterocycles. The maximum Gasteiger partial charge on any atom is 0.317 e. The summed E-state index contributed by atoms with van der Waals surface area (Å²) in [5.41, 5.74) is -0.281. The maximum atomic E-state index is 12.7. The fraction of sp³-hybridized carbons (Fsp3) is 0.727. The number of esters is 1. The fourth-order valence-corrected chi connectivity index (χ4v) is 2.05. The Kier molecular flexibility index (Phi) is 3.85. The van der Waals surface area contributed by atoms with Crippen molar-refractivity contribution in [2.24, 2.45) is 5.41 Å². The Hall–Kier alpha value is -0.900. The quantitative estimate of drug-likeness (QED) is 0.657. The van der Waals surface area contributed by atoms with E-state index in [2.05, 4.69) is 4.90 Å². The van der Waals surface area contributed by atoms with Crippen LogP contribution in [0.25, 0.3) is 0 Å². The van der Waals surface area contributed by atoms with Gasteiger partial charge in [-0.25, -0.2) is 4.39 Å². The first-order chi connectivity index (χ1) is 7.08. The molecule has 0 bridgehead atoms. The van der Waals surface area contributed by atoms with Gasteiger partial charge in [-0.3, -0.25) is 4.79 Å². The van der Waals surface area contributed by atoms with Crippen molar-refractivity contribution in [1.29, 1.82) is 0 Å². The zero-order valence-corrected chi connectivity index (χ0v) is 9.55. The topological polar surface area (TPSA) is 29.5 Å². The Morgan fingerprint density at radius 2 is 2.40 bits per heavy atom. The van der Waals surface area contributed by atoms with Crippen molar-refractivity contribution in [1.82, 2.24) is 4.90 Å². The molecule has 0 radical (unpaired) electrons. The normalized spacial score (nSPS) is 30.5. The molecule has 0 aromatic rings. The third kappa shape index (κ3) is 2.20. The van der Waals surface area contributed by atoms with Crippen LogP contribution in [0, 0.1) is 5.41 Å². The molecule has 0 aromatic heterocycles. The van der Waals surface area contributed by atoms with Crippen LogP contribution in [0.4, 0.5) is 4.39 Å². The van der Waals surface area contributed by atoms with Crippen molar-refractivity contribution in [3.63, 3.8) is 0 Å². The van der Waals surface area contributed by atoms with E-state index >= 15 is 0 Å². The number of rotatable bonds is 2. The number of hydrogen-bond acceptors (Lipinski definition) is 3. The first-order valence-electron chi connectivity index (χ1n) is 5.19. The van der Waals surface area contributed by atoms with Crippen LogP contribution in [-0.2, 0) is 9.53 Å². The highest BCUT2D eigenvalue weighted by Gasteiger charge is 2.42. The molecular weight excluding hydrogens is 197 g/mol. The number of carbonyl (C=O) groups is 1. The van der Waals surface area contributed by atoms with E-state index in [1.54, 1.807) is 6.92 Å². The monoisotopic (exact) mass is 215 g/mol. The SMILES string of the molecule is CCN1CCC(=CF)C(C)(C(=O)OC)C1. The highest BCUT2D eigenvalue weighted by molar-refractivity contribution is 5.80. The van der Waals surface area contributed by atoms with E-state index in [4.69, 9.17) is 4.74 Å². The average molecular weight is 215 g/mol. The Bertz CT molecular complexity index is 278. The van der Waals surface area contributed by atoms with Crippen molar-refractivity contribution in [3.05, 3.63) is 11.9 Å². The lowest BCUT2D eigenvalue weighted by Crippen LogP contribution is -2.47. The van der Waals surface area contributed by atoms with Crippen molar-refractivity contribution in [2.45, 2.75) is 20.3 Å². The average Bonchev–Trinajstić information content (AvgIpc) is 2.27. The number of nitrogens with zero attached hydrogens (tertiary/aromatic N) is 1. The third-order valence-electron chi connectivity index (χ3n) is 3.16. The zero-order chi connectivity index (χ0) is 11.5. The number of likely N-dealkylation sites (tertiary alicyclic amines) is 1. The lowest BCUT2D eigenvalue weighted by Gasteiger charge is -2.39. The van der Waals surface area contributed by atoms with Crippen molar-refractivity contribution >= 4 is 5.97 Å². The van der Waals surface area contributed by atoms with E-state index in [0.717, 1.165) is 13.1 Å². The fourth-order valence-electron chi connectivity index (χ4n) is 2.05. The van der Waals surface area contributed by atoms with E-state index in [1.807, 2.05) is 6.92 Å². The molecule has 0 saturated carbocycles. The second-order valence-electron chi connectivity index (χ2n) is 4.08. The second-order valence-corrected chi connectivity index (χ2v) is 4.08. The van der Waals surface area contributed by atoms with Gasteiger partial charge in [-0.1, -0.05) is 6.92 Å². The molecule has 1 aliphatic heterocycles. The zero-order valence-electron chi connectivity index (χ0n) is 9.55. The molecule has 1 unspecified atom stereocenters. The van der Waals surface area contributed by atoms with Crippen molar-refractivity contribution < 1.29 is 13.9 Å². The number of hydrogen-bond donors (Lipinski definition) is 0. The molecule has 0 amide bonds. The molecule has 86 valence electrons. The summed E-state index contributed by atoms with van der Waals surface area (Å²) in [6, 6.07) is 0. The molecule has 0 N–H and O–H groups in total. The van der Waals surface area contributed by atoms with E-state index < -0.39 is 5.41 Å². The predicted octanol–water partition coefficient (Wildman–Crippen LogP) is 1.74. The van der Waals surface area contributed by atoms with Crippen molar-refractivity contribution in [2.75, 3.05) is 26.7 Å². The number of carbonyl (C=O) groups excluding carboxylic acids is 1. The standard InChI is InChI=1S/C11H18FNO2/c1-4-13-6-5-9(7-12)11(2,8-13)10(14)15-3/h7H,4-6,8H2,1-3H3. The molecular formula is C11H18FNO2. The van der Waals surface area contributed by atoms with E-state index in [-0.39, 0.29) is 5.97 Å². The number of halogens is 1. The minimum Gasteiger partial charge on any atom is -0.468 e. The van der Waals surface area contributed by atoms with Gasteiger partial charge >= 0.3 is 5.97 Å². The maximum absolute atomic E-state index is 12.7. The highest BCUT2D eigenvalue weighted by atomic mass is 19.1. The van der Waals surface area contributed by atoms with Gasteiger partial charge in [0.15, 0.2) is 0 Å². The van der Waals surface area contributed by atoms with Gasteiger partial charge in [0.1, 0.15) is 5.41 Å². The van der Waals surface area contributed by atoms with Crippen LogP contribution in [0.2, 0.25) is 0 Å². The Balaban J connectivity index is 2.93. The summed E-state index contributed by atoms with van der Waals surface area (Å²) in [4.78, 5) is 13.8. The lowest BCUT2D eigenvalue weighted by atomic mass is 9.78. The predicted molar refractivity (Wildman–Crippen MR) is 56.0 cm³/mol. The van der Waals surface area contributed by atoms with Crippen LogP contribution in [0.15, 0.2) is 11.9 Å². The summed E-state index contributed by atoms with van der Waals surface area (Å²) in [6.45, 7) is 5.98. The van der Waals surface area contributed by atoms with Gasteiger partial charge in [-0.15, -0.1) is 0 Å². The summed E-state index contributed by atoms with van der Waals surface area (Å²) < 4.78 is 17.5. The van der Waals surface area contributed by atoms with Gasteiger partial charge in [0.05, 0.1) is 13.4 Å². The van der Waals surface area contributed by atoms with E-state index in [0.29, 0.717) is 24.9 Å². The Labute approximate surface area is 89.9 Å². The van der Waals surface area contributed by atoms with E-state index in [9.17, 15) is 9.18 Å². The Morgan fingerprint density at radius 1 is 1.73 bits per heavy atom. The molecule has 1 fully saturated rings. The lowest BCUT2D eigenvalue weighted by molar-refractivity contribution is -0.151. The molecule has 1 heterocycles. The summed E-state index contributed by atoms with van der Waals surface area (Å²) in [6.07, 6.45) is 1.15. The summed E-state index contributed by atoms with van der Waals surface area (Å²) >= 11 is 0. The largest absolute Gasteiger partial charge is 0.468 e. The summed E-state index contributed by atoms with van der Waals surface area (Å²) in [7, 11) is 1.34. The minimum absolute atomic E-state index is 0.357.